The molecule has 1 N–H and O–H groups in total. The molecule has 2 fully saturated rings. The van der Waals surface area contributed by atoms with Gasteiger partial charge in [-0.15, -0.1) is 0 Å². The summed E-state index contributed by atoms with van der Waals surface area (Å²) in [6.45, 7) is 4.04. The van der Waals surface area contributed by atoms with E-state index < -0.39 is 0 Å². The molecule has 1 aliphatic carbocycles. The van der Waals surface area contributed by atoms with Crippen molar-refractivity contribution in [3.63, 3.8) is 0 Å². The van der Waals surface area contributed by atoms with Gasteiger partial charge in [0.1, 0.15) is 5.52 Å². The molecule has 0 aromatic carbocycles. The van der Waals surface area contributed by atoms with Crippen LogP contribution < -0.4 is 5.32 Å². The first-order valence-electron chi connectivity index (χ1n) is 10.8. The van der Waals surface area contributed by atoms with Crippen LogP contribution in [-0.2, 0) is 16.1 Å². The van der Waals surface area contributed by atoms with Crippen LogP contribution in [0.3, 0.4) is 0 Å². The molecule has 1 aliphatic heterocycles. The Bertz CT molecular complexity index is 873. The molecule has 29 heavy (non-hydrogen) atoms. The lowest BCUT2D eigenvalue weighted by atomic mass is 10.0. The lowest BCUT2D eigenvalue weighted by Gasteiger charge is -2.17. The summed E-state index contributed by atoms with van der Waals surface area (Å²) in [5, 5.41) is 7.57. The van der Waals surface area contributed by atoms with Gasteiger partial charge in [0.25, 0.3) is 0 Å². The number of hydrogen-bond acceptors (Lipinski definition) is 5. The van der Waals surface area contributed by atoms with E-state index in [0.29, 0.717) is 26.1 Å². The summed E-state index contributed by atoms with van der Waals surface area (Å²) in [7, 11) is 0. The second-order valence-electron chi connectivity index (χ2n) is 8.33. The first-order valence-corrected chi connectivity index (χ1v) is 10.8. The van der Waals surface area contributed by atoms with Crippen molar-refractivity contribution in [3.8, 4) is 0 Å². The molecule has 8 nitrogen and oxygen atoms in total. The zero-order chi connectivity index (χ0) is 20.2. The molecule has 0 radical (unpaired) electrons. The van der Waals surface area contributed by atoms with Crippen molar-refractivity contribution in [2.45, 2.75) is 64.3 Å². The standard InChI is InChI=1S/C21H30N6O2/c1-15(28)22-11-13-27-21-20(23-9-10-24-21)19(25-27)17-8-12-26(14-17)18(29)7-6-16-4-2-3-5-16/h9-10,16-17H,2-8,11-14H2,1H3,(H,22,28)/t17-/m0/s1. The van der Waals surface area contributed by atoms with Crippen LogP contribution in [0.2, 0.25) is 0 Å². The summed E-state index contributed by atoms with van der Waals surface area (Å²) < 4.78 is 1.82. The van der Waals surface area contributed by atoms with Crippen molar-refractivity contribution in [2.75, 3.05) is 19.6 Å². The maximum Gasteiger partial charge on any atom is 0.222 e. The molecular formula is C21H30N6O2. The van der Waals surface area contributed by atoms with Crippen molar-refractivity contribution in [3.05, 3.63) is 18.1 Å². The molecule has 2 aromatic rings. The minimum Gasteiger partial charge on any atom is -0.354 e. The van der Waals surface area contributed by atoms with Crippen LogP contribution in [0.1, 0.15) is 63.5 Å². The number of hydrogen-bond donors (Lipinski definition) is 1. The fraction of sp³-hybridized carbons (Fsp3) is 0.667. The van der Waals surface area contributed by atoms with Crippen LogP contribution in [0.25, 0.3) is 11.2 Å². The van der Waals surface area contributed by atoms with Crippen LogP contribution in [0, 0.1) is 5.92 Å². The third-order valence-corrected chi connectivity index (χ3v) is 6.26. The Hall–Kier alpha value is -2.51. The summed E-state index contributed by atoms with van der Waals surface area (Å²) in [6.07, 6.45) is 11.2. The first-order chi connectivity index (χ1) is 14.1. The van der Waals surface area contributed by atoms with E-state index in [-0.39, 0.29) is 17.7 Å². The van der Waals surface area contributed by atoms with Crippen LogP contribution >= 0.6 is 0 Å². The van der Waals surface area contributed by atoms with Gasteiger partial charge in [0.15, 0.2) is 5.65 Å². The molecule has 2 aliphatic rings. The zero-order valence-electron chi connectivity index (χ0n) is 17.1. The second kappa shape index (κ2) is 8.88. The molecule has 1 saturated heterocycles. The minimum absolute atomic E-state index is 0.0599. The molecule has 4 rings (SSSR count). The number of nitrogens with one attached hydrogen (secondary N) is 1. The molecule has 156 valence electrons. The van der Waals surface area contributed by atoms with Crippen LogP contribution in [0.4, 0.5) is 0 Å². The van der Waals surface area contributed by atoms with Gasteiger partial charge in [0.05, 0.1) is 12.2 Å². The summed E-state index contributed by atoms with van der Waals surface area (Å²) >= 11 is 0. The summed E-state index contributed by atoms with van der Waals surface area (Å²) in [5.41, 5.74) is 2.46. The number of carbonyl (C=O) groups is 2. The molecule has 1 atom stereocenters. The SMILES string of the molecule is CC(=O)NCCn1nc([C@H]2CCN(C(=O)CCC3CCCC3)C2)c2nccnc21. The molecule has 2 amide bonds. The molecule has 3 heterocycles. The Morgan fingerprint density at radius 3 is 2.76 bits per heavy atom. The maximum atomic E-state index is 12.7. The van der Waals surface area contributed by atoms with E-state index in [1.807, 2.05) is 9.58 Å². The van der Waals surface area contributed by atoms with Gasteiger partial charge >= 0.3 is 0 Å². The van der Waals surface area contributed by atoms with E-state index in [4.69, 9.17) is 5.10 Å². The highest BCUT2D eigenvalue weighted by Gasteiger charge is 2.31. The third-order valence-electron chi connectivity index (χ3n) is 6.26. The van der Waals surface area contributed by atoms with Gasteiger partial charge in [-0.05, 0) is 18.8 Å². The number of amides is 2. The van der Waals surface area contributed by atoms with Crippen molar-refractivity contribution in [1.29, 1.82) is 0 Å². The zero-order valence-corrected chi connectivity index (χ0v) is 17.1. The van der Waals surface area contributed by atoms with Gasteiger partial charge in [-0.3, -0.25) is 9.59 Å². The van der Waals surface area contributed by atoms with Crippen molar-refractivity contribution < 1.29 is 9.59 Å². The number of fused-ring (bicyclic) bond motifs is 1. The fourth-order valence-corrected chi connectivity index (χ4v) is 4.69. The van der Waals surface area contributed by atoms with E-state index in [1.54, 1.807) is 12.4 Å². The van der Waals surface area contributed by atoms with E-state index in [9.17, 15) is 9.59 Å². The summed E-state index contributed by atoms with van der Waals surface area (Å²) in [6, 6.07) is 0. The molecule has 2 aromatic heterocycles. The number of aromatic nitrogens is 4. The van der Waals surface area contributed by atoms with Crippen molar-refractivity contribution in [1.82, 2.24) is 30.0 Å². The lowest BCUT2D eigenvalue weighted by molar-refractivity contribution is -0.130. The second-order valence-corrected chi connectivity index (χ2v) is 8.33. The Morgan fingerprint density at radius 2 is 1.97 bits per heavy atom. The van der Waals surface area contributed by atoms with Gasteiger partial charge < -0.3 is 10.2 Å². The monoisotopic (exact) mass is 398 g/mol. The number of likely N-dealkylation sites (tertiary alicyclic amines) is 1. The average Bonchev–Trinajstić information content (AvgIpc) is 3.46. The van der Waals surface area contributed by atoms with Crippen LogP contribution in [0.5, 0.6) is 0 Å². The van der Waals surface area contributed by atoms with Gasteiger partial charge in [0.2, 0.25) is 11.8 Å². The number of carbonyl (C=O) groups excluding carboxylic acids is 2. The molecule has 0 unspecified atom stereocenters. The van der Waals surface area contributed by atoms with Crippen LogP contribution in [-0.4, -0.2) is 56.1 Å². The van der Waals surface area contributed by atoms with Crippen molar-refractivity contribution >= 4 is 23.0 Å². The normalized spacial score (nSPS) is 19.9. The highest BCUT2D eigenvalue weighted by molar-refractivity contribution is 5.77. The molecular weight excluding hydrogens is 368 g/mol. The lowest BCUT2D eigenvalue weighted by Crippen LogP contribution is -2.28. The number of rotatable bonds is 7. The van der Waals surface area contributed by atoms with Gasteiger partial charge in [-0.1, -0.05) is 25.7 Å². The quantitative estimate of drug-likeness (QED) is 0.772. The Morgan fingerprint density at radius 1 is 1.17 bits per heavy atom. The molecule has 8 heteroatoms. The average molecular weight is 399 g/mol. The largest absolute Gasteiger partial charge is 0.354 e. The van der Waals surface area contributed by atoms with Gasteiger partial charge in [0, 0.05) is 51.3 Å². The number of nitrogens with zero attached hydrogens (tertiary/aromatic N) is 5. The van der Waals surface area contributed by atoms with Crippen molar-refractivity contribution in [2.24, 2.45) is 5.92 Å². The Labute approximate surface area is 171 Å². The summed E-state index contributed by atoms with van der Waals surface area (Å²) in [5.74, 6) is 1.15. The fourth-order valence-electron chi connectivity index (χ4n) is 4.69. The maximum absolute atomic E-state index is 12.7. The first kappa shape index (κ1) is 19.8. The Balaban J connectivity index is 1.41. The van der Waals surface area contributed by atoms with E-state index in [1.165, 1.54) is 32.6 Å². The van der Waals surface area contributed by atoms with Crippen LogP contribution in [0.15, 0.2) is 12.4 Å². The highest BCUT2D eigenvalue weighted by atomic mass is 16.2. The smallest absolute Gasteiger partial charge is 0.222 e. The third kappa shape index (κ3) is 4.57. The molecule has 0 bridgehead atoms. The highest BCUT2D eigenvalue weighted by Crippen LogP contribution is 2.32. The topological polar surface area (TPSA) is 93.0 Å². The predicted molar refractivity (Wildman–Crippen MR) is 109 cm³/mol. The van der Waals surface area contributed by atoms with E-state index >= 15 is 0 Å². The van der Waals surface area contributed by atoms with Gasteiger partial charge in [-0.25, -0.2) is 14.6 Å². The molecule has 0 spiro atoms. The van der Waals surface area contributed by atoms with E-state index in [2.05, 4.69) is 15.3 Å². The minimum atomic E-state index is -0.0599. The van der Waals surface area contributed by atoms with E-state index in [0.717, 1.165) is 42.2 Å². The summed E-state index contributed by atoms with van der Waals surface area (Å²) in [4.78, 5) is 34.8. The predicted octanol–water partition coefficient (Wildman–Crippen LogP) is 2.25. The Kier molecular flexibility index (Phi) is 6.06. The van der Waals surface area contributed by atoms with Gasteiger partial charge in [-0.2, -0.15) is 5.10 Å². The molecule has 1 saturated carbocycles.